The van der Waals surface area contributed by atoms with Gasteiger partial charge in [-0.05, 0) is 36.2 Å². The fourth-order valence-corrected chi connectivity index (χ4v) is 2.18. The number of benzene rings is 2. The highest BCUT2D eigenvalue weighted by Gasteiger charge is 2.20. The summed E-state index contributed by atoms with van der Waals surface area (Å²) in [6.45, 7) is 1.92. The summed E-state index contributed by atoms with van der Waals surface area (Å²) in [5.74, 6) is -0.651. The maximum Gasteiger partial charge on any atom is 0.342 e. The van der Waals surface area contributed by atoms with Gasteiger partial charge in [0.25, 0.3) is 0 Å². The van der Waals surface area contributed by atoms with Crippen LogP contribution >= 0.6 is 11.6 Å². The molecule has 0 saturated carbocycles. The first-order valence-corrected chi connectivity index (χ1v) is 7.34. The maximum atomic E-state index is 12.2. The predicted octanol–water partition coefficient (Wildman–Crippen LogP) is 3.70. The zero-order valence-corrected chi connectivity index (χ0v) is 13.0. The van der Waals surface area contributed by atoms with Gasteiger partial charge in [0.2, 0.25) is 0 Å². The average Bonchev–Trinajstić information content (AvgIpc) is 2.55. The van der Waals surface area contributed by atoms with Gasteiger partial charge in [0.05, 0.1) is 5.92 Å². The summed E-state index contributed by atoms with van der Waals surface area (Å²) in [5.41, 5.74) is 7.35. The molecule has 0 aliphatic carbocycles. The van der Waals surface area contributed by atoms with Crippen LogP contribution < -0.4 is 5.73 Å². The lowest BCUT2D eigenvalue weighted by Gasteiger charge is -2.11. The van der Waals surface area contributed by atoms with E-state index in [1.165, 1.54) is 0 Å². The second-order valence-electron chi connectivity index (χ2n) is 4.77. The highest BCUT2D eigenvalue weighted by molar-refractivity contribution is 6.30. The number of oxime groups is 1. The minimum atomic E-state index is -0.425. The topological polar surface area (TPSA) is 64.7 Å². The molecule has 0 radical (unpaired) electrons. The lowest BCUT2D eigenvalue weighted by Crippen LogP contribution is -2.18. The number of carbonyl (C=O) groups excluding carboxylic acids is 1. The largest absolute Gasteiger partial charge is 0.380 e. The SMILES string of the molecule is CC[C@H](C(=O)ON=C(N)c1ccc(Cl)cc1)c1ccccc1. The highest BCUT2D eigenvalue weighted by atomic mass is 35.5. The van der Waals surface area contributed by atoms with E-state index in [1.807, 2.05) is 37.3 Å². The number of hydrogen-bond donors (Lipinski definition) is 1. The van der Waals surface area contributed by atoms with Crippen LogP contribution in [-0.2, 0) is 9.63 Å². The van der Waals surface area contributed by atoms with Crippen molar-refractivity contribution in [3.8, 4) is 0 Å². The van der Waals surface area contributed by atoms with Crippen molar-refractivity contribution in [1.82, 2.24) is 0 Å². The zero-order valence-electron chi connectivity index (χ0n) is 12.2. The number of nitrogens with zero attached hydrogens (tertiary/aromatic N) is 1. The minimum Gasteiger partial charge on any atom is -0.380 e. The van der Waals surface area contributed by atoms with E-state index in [0.717, 1.165) is 5.56 Å². The van der Waals surface area contributed by atoms with Gasteiger partial charge in [-0.3, -0.25) is 0 Å². The summed E-state index contributed by atoms with van der Waals surface area (Å²) >= 11 is 5.81. The van der Waals surface area contributed by atoms with E-state index in [-0.39, 0.29) is 11.8 Å². The molecule has 0 unspecified atom stereocenters. The third kappa shape index (κ3) is 4.09. The van der Waals surface area contributed by atoms with Gasteiger partial charge >= 0.3 is 5.97 Å². The Morgan fingerprint density at radius 3 is 2.41 bits per heavy atom. The van der Waals surface area contributed by atoms with Crippen LogP contribution in [0.2, 0.25) is 5.02 Å². The number of hydrogen-bond acceptors (Lipinski definition) is 3. The van der Waals surface area contributed by atoms with Crippen LogP contribution in [0.15, 0.2) is 59.8 Å². The summed E-state index contributed by atoms with van der Waals surface area (Å²) in [6, 6.07) is 16.3. The number of carbonyl (C=O) groups is 1. The third-order valence-corrected chi connectivity index (χ3v) is 3.52. The van der Waals surface area contributed by atoms with Crippen LogP contribution in [0.5, 0.6) is 0 Å². The summed E-state index contributed by atoms with van der Waals surface area (Å²) in [7, 11) is 0. The lowest BCUT2D eigenvalue weighted by atomic mass is 9.97. The van der Waals surface area contributed by atoms with Crippen molar-refractivity contribution in [2.24, 2.45) is 10.9 Å². The molecule has 1 atom stereocenters. The van der Waals surface area contributed by atoms with Crippen LogP contribution in [0.3, 0.4) is 0 Å². The van der Waals surface area contributed by atoms with Gasteiger partial charge in [-0.1, -0.05) is 54.0 Å². The number of amidine groups is 1. The molecule has 0 amide bonds. The van der Waals surface area contributed by atoms with Gasteiger partial charge in [-0.25, -0.2) is 4.79 Å². The maximum absolute atomic E-state index is 12.2. The quantitative estimate of drug-likeness (QED) is 0.396. The molecule has 22 heavy (non-hydrogen) atoms. The van der Waals surface area contributed by atoms with Crippen molar-refractivity contribution in [3.05, 3.63) is 70.7 Å². The van der Waals surface area contributed by atoms with E-state index in [1.54, 1.807) is 24.3 Å². The number of halogens is 1. The molecular formula is C17H17ClN2O2. The zero-order chi connectivity index (χ0) is 15.9. The Balaban J connectivity index is 2.07. The van der Waals surface area contributed by atoms with Gasteiger partial charge < -0.3 is 10.6 Å². The van der Waals surface area contributed by atoms with E-state index >= 15 is 0 Å². The molecule has 2 aromatic carbocycles. The molecule has 114 valence electrons. The Bertz CT molecular complexity index is 654. The molecule has 0 aliphatic rings. The minimum absolute atomic E-state index is 0.132. The molecule has 0 saturated heterocycles. The fraction of sp³-hybridized carbons (Fsp3) is 0.176. The van der Waals surface area contributed by atoms with E-state index in [4.69, 9.17) is 22.2 Å². The first-order valence-electron chi connectivity index (χ1n) is 6.97. The van der Waals surface area contributed by atoms with Crippen molar-refractivity contribution in [3.63, 3.8) is 0 Å². The number of nitrogens with two attached hydrogens (primary N) is 1. The Hall–Kier alpha value is -2.33. The van der Waals surface area contributed by atoms with Crippen molar-refractivity contribution < 1.29 is 9.63 Å². The molecule has 0 spiro atoms. The van der Waals surface area contributed by atoms with Gasteiger partial charge in [0, 0.05) is 10.6 Å². The summed E-state index contributed by atoms with van der Waals surface area (Å²) in [5, 5.41) is 4.32. The van der Waals surface area contributed by atoms with Gasteiger partial charge in [-0.2, -0.15) is 0 Å². The van der Waals surface area contributed by atoms with Crippen molar-refractivity contribution in [2.45, 2.75) is 19.3 Å². The molecule has 0 fully saturated rings. The van der Waals surface area contributed by atoms with Crippen LogP contribution in [0.4, 0.5) is 0 Å². The van der Waals surface area contributed by atoms with E-state index < -0.39 is 5.97 Å². The van der Waals surface area contributed by atoms with Crippen molar-refractivity contribution >= 4 is 23.4 Å². The van der Waals surface area contributed by atoms with Gasteiger partial charge in [-0.15, -0.1) is 0 Å². The molecule has 5 heteroatoms. The molecular weight excluding hydrogens is 300 g/mol. The summed E-state index contributed by atoms with van der Waals surface area (Å²) in [4.78, 5) is 17.1. The molecule has 0 aliphatic heterocycles. The second kappa shape index (κ2) is 7.61. The van der Waals surface area contributed by atoms with Crippen molar-refractivity contribution in [2.75, 3.05) is 0 Å². The summed E-state index contributed by atoms with van der Waals surface area (Å²) in [6.07, 6.45) is 0.624. The lowest BCUT2D eigenvalue weighted by molar-refractivity contribution is -0.145. The number of rotatable bonds is 5. The monoisotopic (exact) mass is 316 g/mol. The van der Waals surface area contributed by atoms with E-state index in [2.05, 4.69) is 5.16 Å². The first-order chi connectivity index (χ1) is 10.6. The Kier molecular flexibility index (Phi) is 5.55. The highest BCUT2D eigenvalue weighted by Crippen LogP contribution is 2.21. The van der Waals surface area contributed by atoms with Crippen LogP contribution in [0.1, 0.15) is 30.4 Å². The molecule has 2 rings (SSSR count). The Morgan fingerprint density at radius 1 is 1.18 bits per heavy atom. The van der Waals surface area contributed by atoms with Crippen molar-refractivity contribution in [1.29, 1.82) is 0 Å². The van der Waals surface area contributed by atoms with Gasteiger partial charge in [0.1, 0.15) is 0 Å². The molecule has 2 N–H and O–H groups in total. The molecule has 2 aromatic rings. The predicted molar refractivity (Wildman–Crippen MR) is 87.7 cm³/mol. The molecule has 0 bridgehead atoms. The first kappa shape index (κ1) is 16.0. The van der Waals surface area contributed by atoms with Gasteiger partial charge in [0.15, 0.2) is 5.84 Å². The standard InChI is InChI=1S/C17H17ClN2O2/c1-2-15(12-6-4-3-5-7-12)17(21)22-20-16(19)13-8-10-14(18)11-9-13/h3-11,15H,2H2,1H3,(H2,19,20)/t15-/m0/s1. The molecule has 0 aromatic heterocycles. The molecule has 0 heterocycles. The van der Waals surface area contributed by atoms with Crippen LogP contribution in [0.25, 0.3) is 0 Å². The van der Waals surface area contributed by atoms with E-state index in [9.17, 15) is 4.79 Å². The average molecular weight is 317 g/mol. The van der Waals surface area contributed by atoms with E-state index in [0.29, 0.717) is 17.0 Å². The summed E-state index contributed by atoms with van der Waals surface area (Å²) < 4.78 is 0. The Labute approximate surface area is 134 Å². The molecule has 4 nitrogen and oxygen atoms in total. The normalized spacial score (nSPS) is 12.7. The van der Waals surface area contributed by atoms with Crippen LogP contribution in [0, 0.1) is 0 Å². The Morgan fingerprint density at radius 2 is 1.82 bits per heavy atom. The second-order valence-corrected chi connectivity index (χ2v) is 5.20. The fourth-order valence-electron chi connectivity index (χ4n) is 2.05. The van der Waals surface area contributed by atoms with Crippen LogP contribution in [-0.4, -0.2) is 11.8 Å². The smallest absolute Gasteiger partial charge is 0.342 e. The third-order valence-electron chi connectivity index (χ3n) is 3.27.